The van der Waals surface area contributed by atoms with E-state index in [1.807, 2.05) is 12.1 Å². The van der Waals surface area contributed by atoms with Crippen molar-refractivity contribution in [1.82, 2.24) is 19.2 Å². The molecule has 2 aromatic carbocycles. The molecule has 2 heterocycles. The Bertz CT molecular complexity index is 1250. The van der Waals surface area contributed by atoms with Crippen molar-refractivity contribution in [3.63, 3.8) is 0 Å². The van der Waals surface area contributed by atoms with Crippen molar-refractivity contribution in [2.45, 2.75) is 13.0 Å². The van der Waals surface area contributed by atoms with Crippen molar-refractivity contribution >= 4 is 39.3 Å². The number of benzene rings is 2. The van der Waals surface area contributed by atoms with Crippen LogP contribution in [0.5, 0.6) is 0 Å². The van der Waals surface area contributed by atoms with Crippen LogP contribution in [0.1, 0.15) is 5.56 Å². The van der Waals surface area contributed by atoms with Gasteiger partial charge in [0.2, 0.25) is 5.91 Å². The van der Waals surface area contributed by atoms with Crippen molar-refractivity contribution in [2.75, 3.05) is 6.54 Å². The molecule has 0 aliphatic carbocycles. The molecule has 0 saturated carbocycles. The highest BCUT2D eigenvalue weighted by Crippen LogP contribution is 2.27. The molecule has 0 unspecified atom stereocenters. The van der Waals surface area contributed by atoms with Gasteiger partial charge < -0.3 is 5.32 Å². The maximum absolute atomic E-state index is 13.2. The minimum absolute atomic E-state index is 0.133. The molecule has 6 nitrogen and oxygen atoms in total. The molecule has 30 heavy (non-hydrogen) atoms. The zero-order valence-corrected chi connectivity index (χ0v) is 17.2. The van der Waals surface area contributed by atoms with Gasteiger partial charge in [-0.15, -0.1) is 0 Å². The Labute approximate surface area is 180 Å². The number of nitrogens with one attached hydrogen (secondary N) is 1. The highest BCUT2D eigenvalue weighted by atomic mass is 35.5. The smallest absolute Gasteiger partial charge is 0.273 e. The van der Waals surface area contributed by atoms with Gasteiger partial charge in [0.05, 0.1) is 6.33 Å². The van der Waals surface area contributed by atoms with Gasteiger partial charge in [0.1, 0.15) is 28.3 Å². The second-order valence-electron chi connectivity index (χ2n) is 6.62. The fourth-order valence-electron chi connectivity index (χ4n) is 2.97. The highest BCUT2D eigenvalue weighted by molar-refractivity contribution is 7.13. The molecule has 4 aromatic rings. The quantitative estimate of drug-likeness (QED) is 0.494. The van der Waals surface area contributed by atoms with Crippen LogP contribution in [0, 0.1) is 5.82 Å². The van der Waals surface area contributed by atoms with Gasteiger partial charge in [0.25, 0.3) is 5.56 Å². The molecule has 1 amide bonds. The van der Waals surface area contributed by atoms with E-state index in [0.29, 0.717) is 39.5 Å². The largest absolute Gasteiger partial charge is 0.354 e. The first kappa shape index (κ1) is 20.2. The van der Waals surface area contributed by atoms with Crippen molar-refractivity contribution in [3.8, 4) is 11.3 Å². The van der Waals surface area contributed by atoms with Crippen LogP contribution >= 0.6 is 23.1 Å². The highest BCUT2D eigenvalue weighted by Gasteiger charge is 2.15. The summed E-state index contributed by atoms with van der Waals surface area (Å²) >= 11 is 6.87. The summed E-state index contributed by atoms with van der Waals surface area (Å²) in [5, 5.41) is 3.46. The maximum Gasteiger partial charge on any atom is 0.273 e. The Morgan fingerprint density at radius 1 is 1.13 bits per heavy atom. The summed E-state index contributed by atoms with van der Waals surface area (Å²) < 4.78 is 19.1. The molecule has 9 heteroatoms. The summed E-state index contributed by atoms with van der Waals surface area (Å²) in [7, 11) is 0. The number of nitrogens with zero attached hydrogens (tertiary/aromatic N) is 3. The average molecular weight is 443 g/mol. The first-order valence-corrected chi connectivity index (χ1v) is 10.3. The van der Waals surface area contributed by atoms with E-state index in [2.05, 4.69) is 14.7 Å². The van der Waals surface area contributed by atoms with Gasteiger partial charge in [-0.25, -0.2) is 9.37 Å². The number of hydrogen-bond acceptors (Lipinski definition) is 5. The Kier molecular flexibility index (Phi) is 5.87. The predicted octanol–water partition coefficient (Wildman–Crippen LogP) is 3.67. The van der Waals surface area contributed by atoms with E-state index >= 15 is 0 Å². The predicted molar refractivity (Wildman–Crippen MR) is 115 cm³/mol. The number of fused-ring (bicyclic) bond motifs is 1. The standard InChI is InChI=1S/C21H16ClFN4O2S/c22-15-5-1-13(2-6-15)9-10-24-17(28)11-27-12-25-19-18(26-30-20(19)21(27)29)14-3-7-16(23)8-4-14/h1-8,12H,9-11H2,(H,24,28). The van der Waals surface area contributed by atoms with Crippen molar-refractivity contribution in [3.05, 3.63) is 81.6 Å². The van der Waals surface area contributed by atoms with Gasteiger partial charge in [-0.1, -0.05) is 23.7 Å². The summed E-state index contributed by atoms with van der Waals surface area (Å²) in [5.41, 5.74) is 2.35. The lowest BCUT2D eigenvalue weighted by Gasteiger charge is -2.07. The lowest BCUT2D eigenvalue weighted by Crippen LogP contribution is -2.33. The Balaban J connectivity index is 1.45. The second-order valence-corrected chi connectivity index (χ2v) is 7.83. The van der Waals surface area contributed by atoms with Crippen molar-refractivity contribution in [2.24, 2.45) is 0 Å². The second kappa shape index (κ2) is 8.73. The molecular weight excluding hydrogens is 427 g/mol. The first-order chi connectivity index (χ1) is 14.5. The summed E-state index contributed by atoms with van der Waals surface area (Å²) in [6.07, 6.45) is 2.00. The van der Waals surface area contributed by atoms with Crippen LogP contribution in [-0.2, 0) is 17.8 Å². The zero-order chi connectivity index (χ0) is 21.1. The van der Waals surface area contributed by atoms with Crippen LogP contribution in [-0.4, -0.2) is 26.4 Å². The van der Waals surface area contributed by atoms with Gasteiger partial charge >= 0.3 is 0 Å². The summed E-state index contributed by atoms with van der Waals surface area (Å²) in [6, 6.07) is 13.2. The molecule has 152 valence electrons. The van der Waals surface area contributed by atoms with Gasteiger partial charge in [0, 0.05) is 17.1 Å². The first-order valence-electron chi connectivity index (χ1n) is 9.13. The molecule has 2 aromatic heterocycles. The lowest BCUT2D eigenvalue weighted by molar-refractivity contribution is -0.121. The number of rotatable bonds is 6. The third kappa shape index (κ3) is 4.39. The molecule has 0 saturated heterocycles. The molecule has 0 spiro atoms. The average Bonchev–Trinajstić information content (AvgIpc) is 3.17. The fourth-order valence-corrected chi connectivity index (χ4v) is 3.91. The van der Waals surface area contributed by atoms with E-state index in [9.17, 15) is 14.0 Å². The van der Waals surface area contributed by atoms with E-state index in [0.717, 1.165) is 17.1 Å². The van der Waals surface area contributed by atoms with Crippen molar-refractivity contribution in [1.29, 1.82) is 0 Å². The van der Waals surface area contributed by atoms with Crippen molar-refractivity contribution < 1.29 is 9.18 Å². The molecule has 0 bridgehead atoms. The maximum atomic E-state index is 13.2. The van der Waals surface area contributed by atoms with Gasteiger partial charge in [-0.3, -0.25) is 14.2 Å². The minimum Gasteiger partial charge on any atom is -0.354 e. The number of carbonyl (C=O) groups is 1. The summed E-state index contributed by atoms with van der Waals surface area (Å²) in [6.45, 7) is 0.312. The third-order valence-electron chi connectivity index (χ3n) is 4.53. The molecule has 0 atom stereocenters. The van der Waals surface area contributed by atoms with Crippen LogP contribution in [0.15, 0.2) is 59.7 Å². The van der Waals surface area contributed by atoms with E-state index in [1.54, 1.807) is 24.3 Å². The number of hydrogen-bond donors (Lipinski definition) is 1. The Morgan fingerprint density at radius 2 is 1.87 bits per heavy atom. The Hall–Kier alpha value is -3.10. The van der Waals surface area contributed by atoms with E-state index in [-0.39, 0.29) is 23.8 Å². The lowest BCUT2D eigenvalue weighted by atomic mass is 10.1. The van der Waals surface area contributed by atoms with E-state index in [4.69, 9.17) is 11.6 Å². The summed E-state index contributed by atoms with van der Waals surface area (Å²) in [5.74, 6) is -0.633. The van der Waals surface area contributed by atoms with Crippen LogP contribution < -0.4 is 10.9 Å². The van der Waals surface area contributed by atoms with Crippen LogP contribution in [0.2, 0.25) is 5.02 Å². The number of halogens is 2. The van der Waals surface area contributed by atoms with Crippen LogP contribution in [0.4, 0.5) is 4.39 Å². The molecule has 0 aliphatic rings. The molecule has 1 N–H and O–H groups in total. The normalized spacial score (nSPS) is 11.0. The van der Waals surface area contributed by atoms with Gasteiger partial charge in [-0.05, 0) is 59.9 Å². The molecule has 4 rings (SSSR count). The zero-order valence-electron chi connectivity index (χ0n) is 15.6. The van der Waals surface area contributed by atoms with E-state index in [1.165, 1.54) is 23.0 Å². The summed E-state index contributed by atoms with van der Waals surface area (Å²) in [4.78, 5) is 29.3. The van der Waals surface area contributed by atoms with Gasteiger partial charge in [-0.2, -0.15) is 4.37 Å². The topological polar surface area (TPSA) is 76.9 Å². The van der Waals surface area contributed by atoms with Crippen LogP contribution in [0.25, 0.3) is 21.5 Å². The van der Waals surface area contributed by atoms with Gasteiger partial charge in [0.15, 0.2) is 0 Å². The molecule has 0 radical (unpaired) electrons. The minimum atomic E-state index is -0.351. The fraction of sp³-hybridized carbons (Fsp3) is 0.143. The monoisotopic (exact) mass is 442 g/mol. The SMILES string of the molecule is O=C(Cn1cnc2c(-c3ccc(F)cc3)nsc2c1=O)NCCc1ccc(Cl)cc1. The Morgan fingerprint density at radius 3 is 2.60 bits per heavy atom. The number of amides is 1. The van der Waals surface area contributed by atoms with E-state index < -0.39 is 0 Å². The van der Waals surface area contributed by atoms with Crippen LogP contribution in [0.3, 0.4) is 0 Å². The molecule has 0 aliphatic heterocycles. The number of aromatic nitrogens is 3. The third-order valence-corrected chi connectivity index (χ3v) is 5.61. The molecular formula is C21H16ClFN4O2S. The molecule has 0 fully saturated rings. The number of carbonyl (C=O) groups excluding carboxylic acids is 1.